The van der Waals surface area contributed by atoms with Gasteiger partial charge in [0, 0.05) is 31.0 Å². The van der Waals surface area contributed by atoms with Crippen LogP contribution in [-0.4, -0.2) is 42.4 Å². The smallest absolute Gasteiger partial charge is 0.290 e. The molecule has 0 atom stereocenters. The second kappa shape index (κ2) is 8.32. The number of thiazole rings is 1. The zero-order valence-corrected chi connectivity index (χ0v) is 15.6. The molecule has 3 aromatic rings. The monoisotopic (exact) mass is 384 g/mol. The molecule has 1 aliphatic heterocycles. The number of amides is 1. The van der Waals surface area contributed by atoms with Crippen molar-refractivity contribution in [1.29, 1.82) is 0 Å². The fraction of sp³-hybridized carbons (Fsp3) is 0.316. The Hall–Kier alpha value is -2.71. The van der Waals surface area contributed by atoms with E-state index in [1.807, 2.05) is 28.5 Å². The molecule has 7 nitrogen and oxygen atoms in total. The van der Waals surface area contributed by atoms with Crippen molar-refractivity contribution in [3.8, 4) is 0 Å². The van der Waals surface area contributed by atoms with Crippen LogP contribution in [0.5, 0.6) is 0 Å². The average Bonchev–Trinajstić information content (AvgIpc) is 3.37. The Labute approximate surface area is 161 Å². The largest absolute Gasteiger partial charge is 0.378 e. The van der Waals surface area contributed by atoms with Gasteiger partial charge in [-0.3, -0.25) is 4.79 Å². The van der Waals surface area contributed by atoms with Gasteiger partial charge in [-0.25, -0.2) is 4.98 Å². The molecule has 1 aromatic carbocycles. The maximum Gasteiger partial charge on any atom is 0.290 e. The summed E-state index contributed by atoms with van der Waals surface area (Å²) in [5.41, 5.74) is 2.06. The summed E-state index contributed by atoms with van der Waals surface area (Å²) in [6, 6.07) is 11.9. The van der Waals surface area contributed by atoms with Crippen LogP contribution >= 0.6 is 11.3 Å². The standard InChI is InChI=1S/C19H20N4O3S/c24-19(16-11-17(22-26-16)23-6-8-25-9-7-23)20-12-15-13-27-18(21-15)10-14-4-2-1-3-5-14/h1-5,11,13H,6-10,12H2,(H,20,24). The van der Waals surface area contributed by atoms with Crippen LogP contribution in [-0.2, 0) is 17.7 Å². The van der Waals surface area contributed by atoms with E-state index < -0.39 is 0 Å². The van der Waals surface area contributed by atoms with Gasteiger partial charge in [-0.05, 0) is 5.56 Å². The van der Waals surface area contributed by atoms with E-state index in [4.69, 9.17) is 9.26 Å². The first-order valence-electron chi connectivity index (χ1n) is 8.83. The maximum atomic E-state index is 12.3. The van der Waals surface area contributed by atoms with Crippen LogP contribution in [0.25, 0.3) is 0 Å². The van der Waals surface area contributed by atoms with Gasteiger partial charge in [-0.2, -0.15) is 0 Å². The zero-order chi connectivity index (χ0) is 18.5. The lowest BCUT2D eigenvalue weighted by Gasteiger charge is -2.25. The molecule has 3 heterocycles. The van der Waals surface area contributed by atoms with Crippen molar-refractivity contribution in [2.45, 2.75) is 13.0 Å². The number of ether oxygens (including phenoxy) is 1. The highest BCUT2D eigenvalue weighted by Crippen LogP contribution is 2.17. The minimum Gasteiger partial charge on any atom is -0.378 e. The van der Waals surface area contributed by atoms with Gasteiger partial charge in [0.1, 0.15) is 0 Å². The second-order valence-electron chi connectivity index (χ2n) is 6.23. The first kappa shape index (κ1) is 17.7. The summed E-state index contributed by atoms with van der Waals surface area (Å²) < 4.78 is 10.5. The van der Waals surface area contributed by atoms with Crippen LogP contribution in [0.1, 0.15) is 26.8 Å². The summed E-state index contributed by atoms with van der Waals surface area (Å²) in [5.74, 6) is 0.582. The van der Waals surface area contributed by atoms with E-state index in [9.17, 15) is 4.79 Å². The highest BCUT2D eigenvalue weighted by atomic mass is 32.1. The molecule has 1 fully saturated rings. The highest BCUT2D eigenvalue weighted by molar-refractivity contribution is 7.09. The summed E-state index contributed by atoms with van der Waals surface area (Å²) >= 11 is 1.60. The maximum absolute atomic E-state index is 12.3. The molecule has 1 amide bonds. The van der Waals surface area contributed by atoms with Crippen molar-refractivity contribution >= 4 is 23.1 Å². The van der Waals surface area contributed by atoms with Gasteiger partial charge in [-0.15, -0.1) is 11.3 Å². The fourth-order valence-corrected chi connectivity index (χ4v) is 3.68. The molecule has 1 N–H and O–H groups in total. The molecule has 0 spiro atoms. The Morgan fingerprint density at radius 3 is 2.85 bits per heavy atom. The number of aromatic nitrogens is 2. The molecule has 0 radical (unpaired) electrons. The predicted molar refractivity (Wildman–Crippen MR) is 102 cm³/mol. The molecule has 2 aromatic heterocycles. The predicted octanol–water partition coefficient (Wildman–Crippen LogP) is 2.49. The second-order valence-corrected chi connectivity index (χ2v) is 7.17. The third-order valence-electron chi connectivity index (χ3n) is 4.28. The molecular weight excluding hydrogens is 364 g/mol. The van der Waals surface area contributed by atoms with Gasteiger partial charge < -0.3 is 19.5 Å². The quantitative estimate of drug-likeness (QED) is 0.703. The van der Waals surface area contributed by atoms with Crippen molar-refractivity contribution in [2.24, 2.45) is 0 Å². The summed E-state index contributed by atoms with van der Waals surface area (Å²) in [6.45, 7) is 3.16. The van der Waals surface area contributed by atoms with Crippen molar-refractivity contribution in [2.75, 3.05) is 31.2 Å². The van der Waals surface area contributed by atoms with Crippen LogP contribution < -0.4 is 10.2 Å². The minimum atomic E-state index is -0.292. The molecule has 1 aliphatic rings. The van der Waals surface area contributed by atoms with Crippen LogP contribution in [0.2, 0.25) is 0 Å². The van der Waals surface area contributed by atoms with Gasteiger partial charge in [0.05, 0.1) is 30.5 Å². The molecule has 0 aliphatic carbocycles. The van der Waals surface area contributed by atoms with Crippen LogP contribution in [0, 0.1) is 0 Å². The number of nitrogens with zero attached hydrogens (tertiary/aromatic N) is 3. The number of carbonyl (C=O) groups is 1. The third kappa shape index (κ3) is 4.53. The van der Waals surface area contributed by atoms with E-state index in [1.54, 1.807) is 17.4 Å². The summed E-state index contributed by atoms with van der Waals surface area (Å²) in [5, 5.41) is 9.82. The number of rotatable bonds is 6. The lowest BCUT2D eigenvalue weighted by molar-refractivity contribution is 0.0913. The molecule has 8 heteroatoms. The Kier molecular flexibility index (Phi) is 5.45. The van der Waals surface area contributed by atoms with Crippen LogP contribution in [0.3, 0.4) is 0 Å². The first-order chi connectivity index (χ1) is 13.3. The van der Waals surface area contributed by atoms with Gasteiger partial charge in [0.15, 0.2) is 5.82 Å². The number of nitrogens with one attached hydrogen (secondary N) is 1. The van der Waals surface area contributed by atoms with Gasteiger partial charge in [0.2, 0.25) is 5.76 Å². The van der Waals surface area contributed by atoms with Crippen LogP contribution in [0.15, 0.2) is 46.3 Å². The van der Waals surface area contributed by atoms with Gasteiger partial charge in [-0.1, -0.05) is 35.5 Å². The molecule has 140 valence electrons. The number of anilines is 1. The van der Waals surface area contributed by atoms with Gasteiger partial charge >= 0.3 is 0 Å². The Morgan fingerprint density at radius 2 is 2.04 bits per heavy atom. The highest BCUT2D eigenvalue weighted by Gasteiger charge is 2.19. The van der Waals surface area contributed by atoms with E-state index in [0.29, 0.717) is 25.6 Å². The van der Waals surface area contributed by atoms with Crippen molar-refractivity contribution < 1.29 is 14.1 Å². The summed E-state index contributed by atoms with van der Waals surface area (Å²) in [6.07, 6.45) is 0.796. The van der Waals surface area contributed by atoms with Crippen LogP contribution in [0.4, 0.5) is 5.82 Å². The van der Waals surface area contributed by atoms with E-state index >= 15 is 0 Å². The zero-order valence-electron chi connectivity index (χ0n) is 14.8. The number of hydrogen-bond donors (Lipinski definition) is 1. The minimum absolute atomic E-state index is 0.205. The van der Waals surface area contributed by atoms with Crippen molar-refractivity contribution in [1.82, 2.24) is 15.5 Å². The van der Waals surface area contributed by atoms with Gasteiger partial charge in [0.25, 0.3) is 5.91 Å². The molecule has 0 saturated carbocycles. The average molecular weight is 384 g/mol. The fourth-order valence-electron chi connectivity index (χ4n) is 2.85. The third-order valence-corrected chi connectivity index (χ3v) is 5.18. The lowest BCUT2D eigenvalue weighted by Crippen LogP contribution is -2.36. The van der Waals surface area contributed by atoms with E-state index in [2.05, 4.69) is 27.6 Å². The number of benzene rings is 1. The molecular formula is C19H20N4O3S. The number of hydrogen-bond acceptors (Lipinski definition) is 7. The van der Waals surface area contributed by atoms with Crippen molar-refractivity contribution in [3.05, 3.63) is 63.8 Å². The normalized spacial score (nSPS) is 14.3. The molecule has 0 bridgehead atoms. The first-order valence-corrected chi connectivity index (χ1v) is 9.71. The molecule has 4 rings (SSSR count). The Morgan fingerprint density at radius 1 is 1.22 bits per heavy atom. The van der Waals surface area contributed by atoms with E-state index in [0.717, 1.165) is 30.2 Å². The Bertz CT molecular complexity index is 887. The topological polar surface area (TPSA) is 80.5 Å². The molecule has 0 unspecified atom stereocenters. The number of carbonyl (C=O) groups excluding carboxylic acids is 1. The number of morpholine rings is 1. The lowest BCUT2D eigenvalue weighted by atomic mass is 10.2. The summed E-state index contributed by atoms with van der Waals surface area (Å²) in [4.78, 5) is 18.9. The van der Waals surface area contributed by atoms with Crippen molar-refractivity contribution in [3.63, 3.8) is 0 Å². The Balaban J connectivity index is 1.31. The SMILES string of the molecule is O=C(NCc1csc(Cc2ccccc2)n1)c1cc(N2CCOCC2)no1. The molecule has 27 heavy (non-hydrogen) atoms. The summed E-state index contributed by atoms with van der Waals surface area (Å²) in [7, 11) is 0. The van der Waals surface area contributed by atoms with E-state index in [1.165, 1.54) is 5.56 Å². The molecule has 1 saturated heterocycles. The van der Waals surface area contributed by atoms with E-state index in [-0.39, 0.29) is 11.7 Å².